The van der Waals surface area contributed by atoms with Crippen LogP contribution in [0.15, 0.2) is 61.2 Å². The second kappa shape index (κ2) is 8.03. The van der Waals surface area contributed by atoms with Crippen molar-refractivity contribution in [1.29, 1.82) is 0 Å². The van der Waals surface area contributed by atoms with Crippen molar-refractivity contribution < 1.29 is 14.3 Å². The van der Waals surface area contributed by atoms with Gasteiger partial charge in [0.15, 0.2) is 0 Å². The Bertz CT molecular complexity index is 645. The van der Waals surface area contributed by atoms with Gasteiger partial charge in [0.2, 0.25) is 0 Å². The number of carbonyl (C=O) groups is 1. The summed E-state index contributed by atoms with van der Waals surface area (Å²) in [7, 11) is 0. The van der Waals surface area contributed by atoms with E-state index in [1.807, 2.05) is 13.8 Å². The zero-order valence-corrected chi connectivity index (χ0v) is 13.4. The lowest BCUT2D eigenvalue weighted by Crippen LogP contribution is -2.12. The standard InChI is InChI=1S/C19H21NO3/c1-4-13-22-17-11-7-16(8-12-17)20-19(21)15-5-9-18(10-6-15)23-14(2)3/h4-12,14H,1,13H2,2-3H3,(H,20,21). The van der Waals surface area contributed by atoms with Gasteiger partial charge in [-0.05, 0) is 62.4 Å². The van der Waals surface area contributed by atoms with Gasteiger partial charge in [-0.25, -0.2) is 0 Å². The SMILES string of the molecule is C=CCOc1ccc(NC(=O)c2ccc(OC(C)C)cc2)cc1. The summed E-state index contributed by atoms with van der Waals surface area (Å²) in [5, 5.41) is 2.85. The minimum atomic E-state index is -0.166. The zero-order chi connectivity index (χ0) is 16.7. The van der Waals surface area contributed by atoms with Crippen LogP contribution >= 0.6 is 0 Å². The van der Waals surface area contributed by atoms with Crippen molar-refractivity contribution >= 4 is 11.6 Å². The van der Waals surface area contributed by atoms with Gasteiger partial charge in [-0.15, -0.1) is 0 Å². The summed E-state index contributed by atoms with van der Waals surface area (Å²) < 4.78 is 11.0. The predicted molar refractivity (Wildman–Crippen MR) is 92.3 cm³/mol. The van der Waals surface area contributed by atoms with Crippen LogP contribution in [0.1, 0.15) is 24.2 Å². The maximum atomic E-state index is 12.2. The van der Waals surface area contributed by atoms with Gasteiger partial charge < -0.3 is 14.8 Å². The molecule has 23 heavy (non-hydrogen) atoms. The first-order valence-corrected chi connectivity index (χ1v) is 7.50. The average Bonchev–Trinajstić information content (AvgIpc) is 2.54. The fourth-order valence-corrected chi connectivity index (χ4v) is 1.95. The van der Waals surface area contributed by atoms with Gasteiger partial charge in [0.25, 0.3) is 5.91 Å². The van der Waals surface area contributed by atoms with E-state index in [1.165, 1.54) is 0 Å². The maximum absolute atomic E-state index is 12.2. The van der Waals surface area contributed by atoms with E-state index in [-0.39, 0.29) is 12.0 Å². The molecule has 0 aliphatic heterocycles. The Balaban J connectivity index is 1.96. The van der Waals surface area contributed by atoms with E-state index < -0.39 is 0 Å². The van der Waals surface area contributed by atoms with Crippen LogP contribution in [-0.2, 0) is 0 Å². The summed E-state index contributed by atoms with van der Waals surface area (Å²) in [6.07, 6.45) is 1.79. The van der Waals surface area contributed by atoms with Crippen LogP contribution < -0.4 is 14.8 Å². The first kappa shape index (κ1) is 16.6. The molecule has 0 saturated heterocycles. The monoisotopic (exact) mass is 311 g/mol. The molecule has 0 saturated carbocycles. The van der Waals surface area contributed by atoms with Gasteiger partial charge in [-0.1, -0.05) is 12.7 Å². The molecule has 0 spiro atoms. The van der Waals surface area contributed by atoms with Crippen molar-refractivity contribution in [2.75, 3.05) is 11.9 Å². The van der Waals surface area contributed by atoms with Gasteiger partial charge in [0, 0.05) is 11.3 Å². The highest BCUT2D eigenvalue weighted by molar-refractivity contribution is 6.04. The number of hydrogen-bond acceptors (Lipinski definition) is 3. The first-order valence-electron chi connectivity index (χ1n) is 7.50. The van der Waals surface area contributed by atoms with Crippen LogP contribution in [-0.4, -0.2) is 18.6 Å². The molecule has 120 valence electrons. The Kier molecular flexibility index (Phi) is 5.80. The number of nitrogens with one attached hydrogen (secondary N) is 1. The Labute approximate surface area is 136 Å². The molecule has 0 heterocycles. The fourth-order valence-electron chi connectivity index (χ4n) is 1.95. The minimum Gasteiger partial charge on any atom is -0.491 e. The topological polar surface area (TPSA) is 47.6 Å². The Morgan fingerprint density at radius 2 is 1.70 bits per heavy atom. The summed E-state index contributed by atoms with van der Waals surface area (Å²) in [6.45, 7) is 7.97. The molecule has 0 fully saturated rings. The lowest BCUT2D eigenvalue weighted by Gasteiger charge is -2.10. The normalized spacial score (nSPS) is 10.2. The molecule has 0 aliphatic rings. The Morgan fingerprint density at radius 1 is 1.09 bits per heavy atom. The molecule has 0 aliphatic carbocycles. The van der Waals surface area contributed by atoms with Crippen LogP contribution in [0, 0.1) is 0 Å². The summed E-state index contributed by atoms with van der Waals surface area (Å²) >= 11 is 0. The summed E-state index contributed by atoms with van der Waals surface area (Å²) in [5.41, 5.74) is 1.29. The first-order chi connectivity index (χ1) is 11.1. The van der Waals surface area contributed by atoms with Crippen molar-refractivity contribution in [1.82, 2.24) is 0 Å². The zero-order valence-electron chi connectivity index (χ0n) is 13.4. The molecule has 0 radical (unpaired) electrons. The predicted octanol–water partition coefficient (Wildman–Crippen LogP) is 4.29. The molecule has 4 heteroatoms. The van der Waals surface area contributed by atoms with Gasteiger partial charge >= 0.3 is 0 Å². The van der Waals surface area contributed by atoms with E-state index in [0.29, 0.717) is 17.9 Å². The molecule has 2 aromatic carbocycles. The van der Waals surface area contributed by atoms with Gasteiger partial charge in [-0.2, -0.15) is 0 Å². The number of benzene rings is 2. The van der Waals surface area contributed by atoms with E-state index >= 15 is 0 Å². The second-order valence-corrected chi connectivity index (χ2v) is 5.27. The molecular weight excluding hydrogens is 290 g/mol. The van der Waals surface area contributed by atoms with E-state index in [4.69, 9.17) is 9.47 Å². The molecule has 0 bridgehead atoms. The lowest BCUT2D eigenvalue weighted by molar-refractivity contribution is 0.102. The lowest BCUT2D eigenvalue weighted by atomic mass is 10.2. The molecule has 4 nitrogen and oxygen atoms in total. The Hall–Kier alpha value is -2.75. The molecule has 0 aromatic heterocycles. The molecule has 2 rings (SSSR count). The summed E-state index contributed by atoms with van der Waals surface area (Å²) in [6, 6.07) is 14.3. The number of rotatable bonds is 7. The molecule has 0 atom stereocenters. The van der Waals surface area contributed by atoms with Crippen molar-refractivity contribution in [2.24, 2.45) is 0 Å². The minimum absolute atomic E-state index is 0.108. The van der Waals surface area contributed by atoms with Crippen LogP contribution in [0.4, 0.5) is 5.69 Å². The van der Waals surface area contributed by atoms with Gasteiger partial charge in [-0.3, -0.25) is 4.79 Å². The van der Waals surface area contributed by atoms with Crippen molar-refractivity contribution in [3.63, 3.8) is 0 Å². The highest BCUT2D eigenvalue weighted by atomic mass is 16.5. The van der Waals surface area contributed by atoms with Crippen LogP contribution in [0.5, 0.6) is 11.5 Å². The fraction of sp³-hybridized carbons (Fsp3) is 0.211. The van der Waals surface area contributed by atoms with E-state index in [2.05, 4.69) is 11.9 Å². The smallest absolute Gasteiger partial charge is 0.255 e. The Morgan fingerprint density at radius 3 is 2.26 bits per heavy atom. The van der Waals surface area contributed by atoms with E-state index in [0.717, 1.165) is 11.5 Å². The third-order valence-electron chi connectivity index (χ3n) is 2.97. The van der Waals surface area contributed by atoms with Crippen LogP contribution in [0.3, 0.4) is 0 Å². The molecule has 2 aromatic rings. The number of ether oxygens (including phenoxy) is 2. The van der Waals surface area contributed by atoms with Crippen molar-refractivity contribution in [3.05, 3.63) is 66.7 Å². The number of hydrogen-bond donors (Lipinski definition) is 1. The van der Waals surface area contributed by atoms with Crippen molar-refractivity contribution in [2.45, 2.75) is 20.0 Å². The largest absolute Gasteiger partial charge is 0.491 e. The summed E-state index contributed by atoms with van der Waals surface area (Å²) in [4.78, 5) is 12.2. The molecular formula is C19H21NO3. The third kappa shape index (κ3) is 5.18. The van der Waals surface area contributed by atoms with E-state index in [9.17, 15) is 4.79 Å². The molecule has 1 N–H and O–H groups in total. The van der Waals surface area contributed by atoms with E-state index in [1.54, 1.807) is 54.6 Å². The summed E-state index contributed by atoms with van der Waals surface area (Å²) in [5.74, 6) is 1.32. The van der Waals surface area contributed by atoms with Crippen molar-refractivity contribution in [3.8, 4) is 11.5 Å². The third-order valence-corrected chi connectivity index (χ3v) is 2.97. The van der Waals surface area contributed by atoms with Crippen LogP contribution in [0.2, 0.25) is 0 Å². The average molecular weight is 311 g/mol. The van der Waals surface area contributed by atoms with Gasteiger partial charge in [0.05, 0.1) is 6.10 Å². The highest BCUT2D eigenvalue weighted by Crippen LogP contribution is 2.18. The highest BCUT2D eigenvalue weighted by Gasteiger charge is 2.07. The number of amides is 1. The van der Waals surface area contributed by atoms with Crippen LogP contribution in [0.25, 0.3) is 0 Å². The number of anilines is 1. The number of carbonyl (C=O) groups excluding carboxylic acids is 1. The maximum Gasteiger partial charge on any atom is 0.255 e. The quantitative estimate of drug-likeness (QED) is 0.776. The molecule has 1 amide bonds. The van der Waals surface area contributed by atoms with Gasteiger partial charge in [0.1, 0.15) is 18.1 Å². The molecule has 0 unspecified atom stereocenters. The second-order valence-electron chi connectivity index (χ2n) is 5.27.